The minimum Gasteiger partial charge on any atom is -0.452 e. The molecule has 1 aromatic heterocycles. The van der Waals surface area contributed by atoms with Crippen molar-refractivity contribution in [3.63, 3.8) is 0 Å². The number of carbonyl (C=O) groups excluding carboxylic acids is 3. The lowest BCUT2D eigenvalue weighted by Crippen LogP contribution is -2.57. The predicted octanol–water partition coefficient (Wildman–Crippen LogP) is 0.978. The largest absolute Gasteiger partial charge is 0.452 e. The SMILES string of the molecule is C#C[C@@]1(OC(=O)CC)[C@@H](C(O)C(=O)c2ccc(Cl)cc2)O[C@@H](n2ccc(=O)[nH]c2=O)[C@@H]1OC(=O)CC. The van der Waals surface area contributed by atoms with Gasteiger partial charge >= 0.3 is 17.6 Å². The molecule has 0 amide bonds. The Hall–Kier alpha value is -3.72. The fraction of sp³-hybridized carbons (Fsp3) is 0.375. The number of rotatable bonds is 8. The van der Waals surface area contributed by atoms with Crippen molar-refractivity contribution in [1.29, 1.82) is 0 Å². The molecule has 0 radical (unpaired) electrons. The number of ketones is 1. The van der Waals surface area contributed by atoms with Crippen LogP contribution in [0.15, 0.2) is 46.1 Å². The van der Waals surface area contributed by atoms with Gasteiger partial charge in [-0.15, -0.1) is 6.42 Å². The first-order chi connectivity index (χ1) is 17.1. The summed E-state index contributed by atoms with van der Waals surface area (Å²) < 4.78 is 17.7. The van der Waals surface area contributed by atoms with Gasteiger partial charge in [-0.05, 0) is 24.3 Å². The van der Waals surface area contributed by atoms with E-state index in [-0.39, 0.29) is 18.4 Å². The number of nitrogens with one attached hydrogen (secondary N) is 1. The van der Waals surface area contributed by atoms with Crippen LogP contribution < -0.4 is 11.2 Å². The molecule has 1 unspecified atom stereocenters. The summed E-state index contributed by atoms with van der Waals surface area (Å²) in [5.41, 5.74) is -3.96. The highest BCUT2D eigenvalue weighted by Crippen LogP contribution is 2.43. The van der Waals surface area contributed by atoms with Gasteiger partial charge in [0.2, 0.25) is 11.7 Å². The summed E-state index contributed by atoms with van der Waals surface area (Å²) in [6, 6.07) is 6.57. The van der Waals surface area contributed by atoms with Gasteiger partial charge in [-0.3, -0.25) is 28.7 Å². The fourth-order valence-electron chi connectivity index (χ4n) is 3.71. The van der Waals surface area contributed by atoms with Crippen molar-refractivity contribution in [2.24, 2.45) is 0 Å². The maximum atomic E-state index is 13.1. The van der Waals surface area contributed by atoms with Crippen molar-refractivity contribution in [3.8, 4) is 12.3 Å². The Balaban J connectivity index is 2.18. The van der Waals surface area contributed by atoms with E-state index in [9.17, 15) is 29.1 Å². The minimum atomic E-state index is -2.32. The summed E-state index contributed by atoms with van der Waals surface area (Å²) in [5, 5.41) is 11.4. The average molecular weight is 519 g/mol. The number of esters is 2. The average Bonchev–Trinajstić information content (AvgIpc) is 3.16. The van der Waals surface area contributed by atoms with E-state index in [0.717, 1.165) is 16.8 Å². The van der Waals surface area contributed by atoms with E-state index in [1.54, 1.807) is 0 Å². The molecule has 5 atom stereocenters. The summed E-state index contributed by atoms with van der Waals surface area (Å²) in [5.74, 6) is -0.270. The molecule has 2 heterocycles. The molecule has 1 aliphatic rings. The summed E-state index contributed by atoms with van der Waals surface area (Å²) in [7, 11) is 0. The maximum absolute atomic E-state index is 13.1. The third kappa shape index (κ3) is 5.11. The smallest absolute Gasteiger partial charge is 0.330 e. The van der Waals surface area contributed by atoms with E-state index in [1.165, 1.54) is 38.1 Å². The molecular weight excluding hydrogens is 496 g/mol. The van der Waals surface area contributed by atoms with Gasteiger partial charge in [-0.2, -0.15) is 0 Å². The molecule has 190 valence electrons. The standard InChI is InChI=1S/C24H23ClN2O9/c1-4-16(29)34-21-22(27-12-11-15(28)26-23(27)33)35-20(24(21,6-3)36-17(30)5-2)19(32)18(31)13-7-9-14(25)10-8-13/h3,7-12,19-22,32H,4-5H2,1-2H3,(H,26,28,33)/t19?,20-,21+,22-,24-/m1/s1. The van der Waals surface area contributed by atoms with Crippen molar-refractivity contribution < 1.29 is 33.7 Å². The molecule has 2 N–H and O–H groups in total. The van der Waals surface area contributed by atoms with Crippen molar-refractivity contribution >= 4 is 29.3 Å². The second-order valence-electron chi connectivity index (χ2n) is 7.81. The number of aliphatic hydroxyl groups excluding tert-OH is 1. The Labute approximate surface area is 209 Å². The number of benzene rings is 1. The Morgan fingerprint density at radius 1 is 1.19 bits per heavy atom. The van der Waals surface area contributed by atoms with Gasteiger partial charge in [0.1, 0.15) is 12.2 Å². The highest BCUT2D eigenvalue weighted by Gasteiger charge is 2.65. The Morgan fingerprint density at radius 2 is 1.83 bits per heavy atom. The molecule has 0 aliphatic carbocycles. The molecule has 1 saturated heterocycles. The zero-order chi connectivity index (χ0) is 26.6. The first-order valence-corrected chi connectivity index (χ1v) is 11.3. The van der Waals surface area contributed by atoms with Crippen LogP contribution in [0, 0.1) is 12.3 Å². The summed E-state index contributed by atoms with van der Waals surface area (Å²) >= 11 is 5.87. The van der Waals surface area contributed by atoms with Gasteiger partial charge in [0.15, 0.2) is 12.0 Å². The van der Waals surface area contributed by atoms with Crippen LogP contribution in [0.25, 0.3) is 0 Å². The number of H-pyrrole nitrogens is 1. The highest BCUT2D eigenvalue weighted by atomic mass is 35.5. The van der Waals surface area contributed by atoms with Gasteiger partial charge in [-0.1, -0.05) is 31.4 Å². The lowest BCUT2D eigenvalue weighted by molar-refractivity contribution is -0.178. The number of halogens is 1. The monoisotopic (exact) mass is 518 g/mol. The third-order valence-corrected chi connectivity index (χ3v) is 5.80. The van der Waals surface area contributed by atoms with Crippen LogP contribution in [-0.4, -0.2) is 56.3 Å². The van der Waals surface area contributed by atoms with Crippen LogP contribution in [0.4, 0.5) is 0 Å². The Bertz CT molecular complexity index is 1310. The lowest BCUT2D eigenvalue weighted by Gasteiger charge is -2.34. The topological polar surface area (TPSA) is 154 Å². The van der Waals surface area contributed by atoms with Gasteiger partial charge in [-0.25, -0.2) is 4.79 Å². The summed E-state index contributed by atoms with van der Waals surface area (Å²) in [4.78, 5) is 64.1. The van der Waals surface area contributed by atoms with Gasteiger partial charge in [0, 0.05) is 35.7 Å². The maximum Gasteiger partial charge on any atom is 0.330 e. The summed E-state index contributed by atoms with van der Waals surface area (Å²) in [6.07, 6.45) is -0.504. The molecule has 1 fully saturated rings. The number of aliphatic hydroxyl groups is 1. The molecule has 11 nitrogen and oxygen atoms in total. The van der Waals surface area contributed by atoms with Crippen LogP contribution in [0.3, 0.4) is 0 Å². The molecule has 0 bridgehead atoms. The molecule has 36 heavy (non-hydrogen) atoms. The number of aromatic nitrogens is 2. The summed E-state index contributed by atoms with van der Waals surface area (Å²) in [6.45, 7) is 2.97. The number of carbonyl (C=O) groups is 3. The van der Waals surface area contributed by atoms with Gasteiger partial charge < -0.3 is 19.3 Å². The van der Waals surface area contributed by atoms with Crippen LogP contribution in [0.5, 0.6) is 0 Å². The normalized spacial score (nSPS) is 23.9. The minimum absolute atomic E-state index is 0.0370. The van der Waals surface area contributed by atoms with Gasteiger partial charge in [0.25, 0.3) is 5.56 Å². The van der Waals surface area contributed by atoms with Crippen LogP contribution in [-0.2, 0) is 23.8 Å². The zero-order valence-electron chi connectivity index (χ0n) is 19.3. The van der Waals surface area contributed by atoms with E-state index in [1.807, 2.05) is 4.98 Å². The van der Waals surface area contributed by atoms with E-state index >= 15 is 0 Å². The van der Waals surface area contributed by atoms with Crippen LogP contribution in [0.2, 0.25) is 5.02 Å². The van der Waals surface area contributed by atoms with Crippen LogP contribution >= 0.6 is 11.6 Å². The molecule has 0 saturated carbocycles. The van der Waals surface area contributed by atoms with Crippen molar-refractivity contribution in [1.82, 2.24) is 9.55 Å². The number of nitrogens with zero attached hydrogens (tertiary/aromatic N) is 1. The molecule has 3 rings (SSSR count). The van der Waals surface area contributed by atoms with Gasteiger partial charge in [0.05, 0.1) is 0 Å². The molecule has 1 aliphatic heterocycles. The quantitative estimate of drug-likeness (QED) is 0.295. The first kappa shape index (κ1) is 26.9. The molecule has 1 aromatic carbocycles. The van der Waals surface area contributed by atoms with E-state index in [0.29, 0.717) is 5.02 Å². The van der Waals surface area contributed by atoms with E-state index < -0.39 is 59.1 Å². The molecule has 2 aromatic rings. The van der Waals surface area contributed by atoms with Crippen molar-refractivity contribution in [2.45, 2.75) is 56.8 Å². The molecule has 0 spiro atoms. The van der Waals surface area contributed by atoms with Crippen molar-refractivity contribution in [2.75, 3.05) is 0 Å². The molecular formula is C24H23ClN2O9. The number of hydrogen-bond acceptors (Lipinski definition) is 9. The number of hydrogen-bond donors (Lipinski definition) is 2. The van der Waals surface area contributed by atoms with E-state index in [2.05, 4.69) is 5.92 Å². The lowest BCUT2D eigenvalue weighted by atomic mass is 9.86. The second kappa shape index (κ2) is 10.9. The molecule has 12 heteroatoms. The highest BCUT2D eigenvalue weighted by molar-refractivity contribution is 6.30. The predicted molar refractivity (Wildman–Crippen MR) is 125 cm³/mol. The Kier molecular flexibility index (Phi) is 8.14. The second-order valence-corrected chi connectivity index (χ2v) is 8.25. The van der Waals surface area contributed by atoms with E-state index in [4.69, 9.17) is 32.2 Å². The van der Waals surface area contributed by atoms with Crippen molar-refractivity contribution in [3.05, 3.63) is 68.0 Å². The number of Topliss-reactive ketones (excluding diaryl/α,β-unsaturated/α-hetero) is 1. The number of aromatic amines is 1. The number of ether oxygens (including phenoxy) is 3. The zero-order valence-corrected chi connectivity index (χ0v) is 20.1. The Morgan fingerprint density at radius 3 is 2.39 bits per heavy atom. The first-order valence-electron chi connectivity index (χ1n) is 10.9. The van der Waals surface area contributed by atoms with Crippen LogP contribution in [0.1, 0.15) is 43.3 Å². The number of terminal acetylenes is 1. The fourth-order valence-corrected chi connectivity index (χ4v) is 3.83. The third-order valence-electron chi connectivity index (χ3n) is 5.54.